The number of ether oxygens (including phenoxy) is 1. The second kappa shape index (κ2) is 5.12. The van der Waals surface area contributed by atoms with E-state index in [1.54, 1.807) is 30.5 Å². The molecule has 3 nitrogen and oxygen atoms in total. The van der Waals surface area contributed by atoms with Gasteiger partial charge in [0.05, 0.1) is 5.02 Å². The standard InChI is InChI=1S/C12H9ClN2OS/c13-9-3-1-2-4-10(9)16-11-7-8(12(14)17)5-6-15-11/h1-7H,(H2,14,17). The number of nitrogens with two attached hydrogens (primary N) is 1. The van der Waals surface area contributed by atoms with Crippen LogP contribution in [0.15, 0.2) is 42.6 Å². The molecule has 5 heteroatoms. The van der Waals surface area contributed by atoms with Gasteiger partial charge in [0, 0.05) is 17.8 Å². The Morgan fingerprint density at radius 1 is 1.29 bits per heavy atom. The van der Waals surface area contributed by atoms with Crippen molar-refractivity contribution in [3.05, 3.63) is 53.2 Å². The van der Waals surface area contributed by atoms with E-state index in [9.17, 15) is 0 Å². The number of benzene rings is 1. The van der Waals surface area contributed by atoms with Crippen LogP contribution < -0.4 is 10.5 Å². The lowest BCUT2D eigenvalue weighted by Gasteiger charge is -2.07. The van der Waals surface area contributed by atoms with E-state index >= 15 is 0 Å². The summed E-state index contributed by atoms with van der Waals surface area (Å²) in [5.74, 6) is 0.949. The highest BCUT2D eigenvalue weighted by Crippen LogP contribution is 2.27. The first-order chi connectivity index (χ1) is 8.16. The first-order valence-electron chi connectivity index (χ1n) is 4.85. The maximum atomic E-state index is 5.97. The molecule has 0 radical (unpaired) electrons. The number of hydrogen-bond acceptors (Lipinski definition) is 3. The molecule has 0 aliphatic heterocycles. The smallest absolute Gasteiger partial charge is 0.219 e. The van der Waals surface area contributed by atoms with Gasteiger partial charge >= 0.3 is 0 Å². The minimum atomic E-state index is 0.302. The molecular weight excluding hydrogens is 256 g/mol. The van der Waals surface area contributed by atoms with Gasteiger partial charge in [-0.1, -0.05) is 36.0 Å². The summed E-state index contributed by atoms with van der Waals surface area (Å²) in [6.45, 7) is 0. The molecule has 2 aromatic rings. The molecule has 0 aliphatic rings. The van der Waals surface area contributed by atoms with Gasteiger partial charge in [-0.15, -0.1) is 0 Å². The van der Waals surface area contributed by atoms with Crippen LogP contribution in [0.1, 0.15) is 5.56 Å². The van der Waals surface area contributed by atoms with Crippen molar-refractivity contribution in [3.8, 4) is 11.6 Å². The Bertz CT molecular complexity index is 560. The van der Waals surface area contributed by atoms with Gasteiger partial charge in [0.25, 0.3) is 0 Å². The summed E-state index contributed by atoms with van der Waals surface area (Å²) in [7, 11) is 0. The monoisotopic (exact) mass is 264 g/mol. The predicted octanol–water partition coefficient (Wildman–Crippen LogP) is 3.16. The number of halogens is 1. The van der Waals surface area contributed by atoms with Gasteiger partial charge in [-0.25, -0.2) is 4.98 Å². The van der Waals surface area contributed by atoms with Crippen molar-refractivity contribution >= 4 is 28.8 Å². The zero-order valence-electron chi connectivity index (χ0n) is 8.76. The van der Waals surface area contributed by atoms with Gasteiger partial charge in [0.2, 0.25) is 5.88 Å². The van der Waals surface area contributed by atoms with Crippen LogP contribution in [-0.4, -0.2) is 9.97 Å². The van der Waals surface area contributed by atoms with E-state index in [2.05, 4.69) is 4.98 Å². The van der Waals surface area contributed by atoms with Crippen LogP contribution in [0, 0.1) is 0 Å². The van der Waals surface area contributed by atoms with Gasteiger partial charge in [0.15, 0.2) is 0 Å². The summed E-state index contributed by atoms with van der Waals surface area (Å²) in [5, 5.41) is 0.523. The quantitative estimate of drug-likeness (QED) is 0.865. The van der Waals surface area contributed by atoms with E-state index in [0.29, 0.717) is 27.2 Å². The molecule has 0 bridgehead atoms. The van der Waals surface area contributed by atoms with Crippen molar-refractivity contribution < 1.29 is 4.74 Å². The zero-order valence-corrected chi connectivity index (χ0v) is 10.3. The van der Waals surface area contributed by atoms with Crippen molar-refractivity contribution in [2.45, 2.75) is 0 Å². The van der Waals surface area contributed by atoms with Crippen LogP contribution in [0.3, 0.4) is 0 Å². The minimum absolute atomic E-state index is 0.302. The van der Waals surface area contributed by atoms with Gasteiger partial charge in [0.1, 0.15) is 10.7 Å². The topological polar surface area (TPSA) is 48.1 Å². The molecule has 0 atom stereocenters. The minimum Gasteiger partial charge on any atom is -0.437 e. The first kappa shape index (κ1) is 11.8. The Labute approximate surface area is 109 Å². The van der Waals surface area contributed by atoms with Crippen LogP contribution in [-0.2, 0) is 0 Å². The normalized spacial score (nSPS) is 9.94. The molecule has 0 fully saturated rings. The van der Waals surface area contributed by atoms with E-state index in [4.69, 9.17) is 34.3 Å². The average molecular weight is 265 g/mol. The fourth-order valence-electron chi connectivity index (χ4n) is 1.26. The van der Waals surface area contributed by atoms with Crippen LogP contribution in [0.2, 0.25) is 5.02 Å². The van der Waals surface area contributed by atoms with Crippen molar-refractivity contribution in [3.63, 3.8) is 0 Å². The first-order valence-corrected chi connectivity index (χ1v) is 5.63. The van der Waals surface area contributed by atoms with E-state index < -0.39 is 0 Å². The Morgan fingerprint density at radius 2 is 2.06 bits per heavy atom. The number of aromatic nitrogens is 1. The number of pyridine rings is 1. The molecule has 1 aromatic heterocycles. The number of hydrogen-bond donors (Lipinski definition) is 1. The maximum absolute atomic E-state index is 5.97. The molecule has 86 valence electrons. The molecule has 0 unspecified atom stereocenters. The fourth-order valence-corrected chi connectivity index (χ4v) is 1.56. The van der Waals surface area contributed by atoms with Crippen molar-refractivity contribution in [1.82, 2.24) is 4.98 Å². The maximum Gasteiger partial charge on any atom is 0.219 e. The van der Waals surface area contributed by atoms with Crippen molar-refractivity contribution in [2.75, 3.05) is 0 Å². The van der Waals surface area contributed by atoms with E-state index in [1.165, 1.54) is 0 Å². The van der Waals surface area contributed by atoms with Crippen LogP contribution >= 0.6 is 23.8 Å². The fraction of sp³-hybridized carbons (Fsp3) is 0. The summed E-state index contributed by atoms with van der Waals surface area (Å²) in [6.07, 6.45) is 1.58. The number of thiocarbonyl (C=S) groups is 1. The molecule has 0 saturated carbocycles. The third-order valence-electron chi connectivity index (χ3n) is 2.07. The molecule has 2 rings (SSSR count). The van der Waals surface area contributed by atoms with E-state index in [0.717, 1.165) is 0 Å². The van der Waals surface area contributed by atoms with Crippen molar-refractivity contribution in [1.29, 1.82) is 0 Å². The zero-order chi connectivity index (χ0) is 12.3. The molecule has 2 N–H and O–H groups in total. The highest BCUT2D eigenvalue weighted by Gasteiger charge is 2.04. The van der Waals surface area contributed by atoms with E-state index in [1.807, 2.05) is 12.1 Å². The summed E-state index contributed by atoms with van der Waals surface area (Å²) >= 11 is 10.9. The molecule has 0 aliphatic carbocycles. The molecule has 17 heavy (non-hydrogen) atoms. The van der Waals surface area contributed by atoms with Crippen LogP contribution in [0.5, 0.6) is 11.6 Å². The molecule has 0 saturated heterocycles. The van der Waals surface area contributed by atoms with Gasteiger partial charge in [-0.05, 0) is 18.2 Å². The van der Waals surface area contributed by atoms with Gasteiger partial charge in [-0.3, -0.25) is 0 Å². The number of nitrogens with zero attached hydrogens (tertiary/aromatic N) is 1. The second-order valence-electron chi connectivity index (χ2n) is 3.28. The largest absolute Gasteiger partial charge is 0.437 e. The Kier molecular flexibility index (Phi) is 3.56. The third kappa shape index (κ3) is 2.93. The van der Waals surface area contributed by atoms with Crippen LogP contribution in [0.25, 0.3) is 0 Å². The summed E-state index contributed by atoms with van der Waals surface area (Å²) < 4.78 is 5.54. The Morgan fingerprint density at radius 3 is 2.76 bits per heavy atom. The summed E-state index contributed by atoms with van der Waals surface area (Å²) in [6, 6.07) is 10.6. The summed E-state index contributed by atoms with van der Waals surface area (Å²) in [4.78, 5) is 4.36. The third-order valence-corrected chi connectivity index (χ3v) is 2.62. The van der Waals surface area contributed by atoms with Crippen LogP contribution in [0.4, 0.5) is 0 Å². The summed E-state index contributed by atoms with van der Waals surface area (Å²) in [5.41, 5.74) is 6.23. The molecular formula is C12H9ClN2OS. The lowest BCUT2D eigenvalue weighted by Crippen LogP contribution is -2.09. The van der Waals surface area contributed by atoms with Gasteiger partial charge < -0.3 is 10.5 Å². The average Bonchev–Trinajstić information content (AvgIpc) is 2.32. The van der Waals surface area contributed by atoms with Crippen molar-refractivity contribution in [2.24, 2.45) is 5.73 Å². The predicted molar refractivity (Wildman–Crippen MR) is 71.7 cm³/mol. The van der Waals surface area contributed by atoms with Gasteiger partial charge in [-0.2, -0.15) is 0 Å². The number of rotatable bonds is 3. The molecule has 0 amide bonds. The SMILES string of the molecule is NC(=S)c1ccnc(Oc2ccccc2Cl)c1. The Balaban J connectivity index is 2.28. The molecule has 1 aromatic carbocycles. The highest BCUT2D eigenvalue weighted by atomic mass is 35.5. The number of para-hydroxylation sites is 1. The molecule has 0 spiro atoms. The molecule has 1 heterocycles. The highest BCUT2D eigenvalue weighted by molar-refractivity contribution is 7.80. The lowest BCUT2D eigenvalue weighted by atomic mass is 10.3. The Hall–Kier alpha value is -1.65. The van der Waals surface area contributed by atoms with E-state index in [-0.39, 0.29) is 0 Å². The second-order valence-corrected chi connectivity index (χ2v) is 4.13. The lowest BCUT2D eigenvalue weighted by molar-refractivity contribution is 0.463.